The van der Waals surface area contributed by atoms with Crippen LogP contribution >= 0.6 is 0 Å². The van der Waals surface area contributed by atoms with E-state index in [2.05, 4.69) is 44.5 Å². The summed E-state index contributed by atoms with van der Waals surface area (Å²) in [6.07, 6.45) is 15.0. The number of rotatable bonds is 5. The minimum Gasteiger partial charge on any atom is -0.478 e. The summed E-state index contributed by atoms with van der Waals surface area (Å²) in [6.45, 7) is 5.54. The van der Waals surface area contributed by atoms with Crippen molar-refractivity contribution in [1.29, 1.82) is 0 Å². The van der Waals surface area contributed by atoms with Crippen LogP contribution in [-0.4, -0.2) is 44.7 Å². The summed E-state index contributed by atoms with van der Waals surface area (Å²) in [5, 5.41) is 12.5. The van der Waals surface area contributed by atoms with Crippen LogP contribution in [0.3, 0.4) is 0 Å². The first kappa shape index (κ1) is 24.0. The summed E-state index contributed by atoms with van der Waals surface area (Å²) in [6, 6.07) is 12.8. The first-order valence-electron chi connectivity index (χ1n) is 14.9. The fourth-order valence-corrected chi connectivity index (χ4v) is 7.70. The molecule has 1 saturated carbocycles. The molecule has 1 N–H and O–H groups in total. The van der Waals surface area contributed by atoms with Gasteiger partial charge in [0.1, 0.15) is 0 Å². The number of carboxylic acid groups (broad SMARTS) is 1. The van der Waals surface area contributed by atoms with Gasteiger partial charge in [0.25, 0.3) is 0 Å². The molecule has 2 aromatic heterocycles. The second-order valence-corrected chi connectivity index (χ2v) is 11.8. The van der Waals surface area contributed by atoms with Crippen molar-refractivity contribution in [1.82, 2.24) is 14.0 Å². The van der Waals surface area contributed by atoms with Gasteiger partial charge in [0.2, 0.25) is 0 Å². The van der Waals surface area contributed by atoms with E-state index in [4.69, 9.17) is 0 Å². The van der Waals surface area contributed by atoms with Crippen LogP contribution in [0.2, 0.25) is 0 Å². The third-order valence-electron chi connectivity index (χ3n) is 9.53. The van der Waals surface area contributed by atoms with Crippen molar-refractivity contribution in [3.63, 3.8) is 0 Å². The van der Waals surface area contributed by atoms with Crippen LogP contribution < -0.4 is 0 Å². The molecule has 2 fully saturated rings. The Morgan fingerprint density at radius 1 is 0.868 bits per heavy atom. The van der Waals surface area contributed by atoms with E-state index in [1.165, 1.54) is 103 Å². The number of hydrogen-bond donors (Lipinski definition) is 1. The number of piperidine rings is 1. The topological polar surface area (TPSA) is 50.4 Å². The maximum Gasteiger partial charge on any atom is 0.335 e. The van der Waals surface area contributed by atoms with Gasteiger partial charge in [-0.3, -0.25) is 0 Å². The van der Waals surface area contributed by atoms with Crippen LogP contribution in [0.5, 0.6) is 0 Å². The Balaban J connectivity index is 1.41. The zero-order valence-corrected chi connectivity index (χ0v) is 22.4. The van der Waals surface area contributed by atoms with Crippen molar-refractivity contribution in [3.8, 4) is 11.3 Å². The molecular weight excluding hydrogens is 470 g/mol. The minimum absolute atomic E-state index is 0.386. The van der Waals surface area contributed by atoms with Gasteiger partial charge in [-0.1, -0.05) is 49.9 Å². The second kappa shape index (κ2) is 9.92. The van der Waals surface area contributed by atoms with Gasteiger partial charge >= 0.3 is 5.97 Å². The molecule has 4 heterocycles. The molecule has 2 aromatic carbocycles. The van der Waals surface area contributed by atoms with Gasteiger partial charge in [0.15, 0.2) is 0 Å². The number of benzene rings is 2. The zero-order valence-electron chi connectivity index (χ0n) is 22.4. The number of aryl methyl sites for hydroxylation is 2. The highest BCUT2D eigenvalue weighted by Crippen LogP contribution is 2.47. The van der Waals surface area contributed by atoms with Gasteiger partial charge in [-0.15, -0.1) is 0 Å². The fraction of sp³-hybridized carbons (Fsp3) is 0.485. The predicted octanol–water partition coefficient (Wildman–Crippen LogP) is 7.44. The van der Waals surface area contributed by atoms with E-state index < -0.39 is 5.97 Å². The highest BCUT2D eigenvalue weighted by molar-refractivity contribution is 6.03. The van der Waals surface area contributed by atoms with Gasteiger partial charge in [0, 0.05) is 47.7 Å². The molecule has 4 aromatic rings. The average Bonchev–Trinajstić information content (AvgIpc) is 3.47. The predicted molar refractivity (Wildman–Crippen MR) is 154 cm³/mol. The molecule has 5 nitrogen and oxygen atoms in total. The molecule has 0 unspecified atom stereocenters. The SMILES string of the molecule is O=C(O)c1ccc2c(C3CCCCC3)c3n(c2c1)CCCn1cc(CCN2CCCCC2)c2cccc-3c21. The Labute approximate surface area is 225 Å². The fourth-order valence-electron chi connectivity index (χ4n) is 7.70. The summed E-state index contributed by atoms with van der Waals surface area (Å²) >= 11 is 0. The van der Waals surface area contributed by atoms with Crippen molar-refractivity contribution >= 4 is 27.8 Å². The molecule has 0 spiro atoms. The maximum atomic E-state index is 11.9. The van der Waals surface area contributed by atoms with Crippen LogP contribution in [0.1, 0.15) is 85.2 Å². The number of carboxylic acids is 1. The summed E-state index contributed by atoms with van der Waals surface area (Å²) in [5.41, 5.74) is 8.49. The Morgan fingerprint density at radius 3 is 2.50 bits per heavy atom. The van der Waals surface area contributed by atoms with E-state index in [1.807, 2.05) is 12.1 Å². The van der Waals surface area contributed by atoms with Crippen LogP contribution in [0.4, 0.5) is 0 Å². The van der Waals surface area contributed by atoms with Crippen molar-refractivity contribution in [2.75, 3.05) is 19.6 Å². The molecule has 0 amide bonds. The van der Waals surface area contributed by atoms with Crippen LogP contribution in [0, 0.1) is 0 Å². The number of para-hydroxylation sites is 1. The third-order valence-corrected chi connectivity index (χ3v) is 9.53. The lowest BCUT2D eigenvalue weighted by Crippen LogP contribution is -2.31. The standard InChI is InChI=1S/C33H39N3O2/c37-33(38)24-13-14-27-29(21-24)36-19-8-18-35-22-25(15-20-34-16-5-2-6-17-34)26-11-7-12-28(31(26)35)32(36)30(27)23-9-3-1-4-10-23/h7,11-14,21-23H,1-6,8-10,15-20H2,(H,37,38). The third kappa shape index (κ3) is 4.07. The Morgan fingerprint density at radius 2 is 1.68 bits per heavy atom. The molecule has 5 heteroatoms. The first-order valence-corrected chi connectivity index (χ1v) is 14.9. The van der Waals surface area contributed by atoms with Crippen molar-refractivity contribution in [2.24, 2.45) is 0 Å². The van der Waals surface area contributed by atoms with Gasteiger partial charge in [-0.25, -0.2) is 4.79 Å². The largest absolute Gasteiger partial charge is 0.478 e. The van der Waals surface area contributed by atoms with Crippen LogP contribution in [-0.2, 0) is 19.5 Å². The monoisotopic (exact) mass is 509 g/mol. The van der Waals surface area contributed by atoms with Gasteiger partial charge in [0.05, 0.1) is 16.8 Å². The lowest BCUT2D eigenvalue weighted by atomic mass is 9.81. The van der Waals surface area contributed by atoms with Gasteiger partial charge in [-0.2, -0.15) is 0 Å². The molecule has 2 aliphatic heterocycles. The van der Waals surface area contributed by atoms with E-state index >= 15 is 0 Å². The number of aromatic nitrogens is 2. The maximum absolute atomic E-state index is 11.9. The average molecular weight is 510 g/mol. The van der Waals surface area contributed by atoms with Crippen LogP contribution in [0.15, 0.2) is 42.6 Å². The van der Waals surface area contributed by atoms with E-state index in [1.54, 1.807) is 0 Å². The van der Waals surface area contributed by atoms with Crippen molar-refractivity contribution < 1.29 is 9.90 Å². The zero-order chi connectivity index (χ0) is 25.6. The molecule has 3 aliphatic rings. The van der Waals surface area contributed by atoms with E-state index in [-0.39, 0.29) is 0 Å². The minimum atomic E-state index is -0.846. The molecule has 198 valence electrons. The molecule has 1 aliphatic carbocycles. The van der Waals surface area contributed by atoms with Crippen molar-refractivity contribution in [3.05, 3.63) is 59.3 Å². The van der Waals surface area contributed by atoms with E-state index in [9.17, 15) is 9.90 Å². The van der Waals surface area contributed by atoms with E-state index in [0.29, 0.717) is 11.5 Å². The van der Waals surface area contributed by atoms with E-state index in [0.717, 1.165) is 38.0 Å². The lowest BCUT2D eigenvalue weighted by molar-refractivity contribution is 0.0697. The molecule has 7 rings (SSSR count). The highest BCUT2D eigenvalue weighted by atomic mass is 16.4. The number of nitrogens with zero attached hydrogens (tertiary/aromatic N) is 3. The number of hydrogen-bond acceptors (Lipinski definition) is 2. The summed E-state index contributed by atoms with van der Waals surface area (Å²) in [4.78, 5) is 14.6. The smallest absolute Gasteiger partial charge is 0.335 e. The number of carbonyl (C=O) groups is 1. The number of fused-ring (bicyclic) bond motifs is 4. The normalized spacial score (nSPS) is 18.9. The Kier molecular flexibility index (Phi) is 6.27. The number of aromatic carboxylic acids is 1. The lowest BCUT2D eigenvalue weighted by Gasteiger charge is -2.26. The van der Waals surface area contributed by atoms with Gasteiger partial charge in [-0.05, 0) is 80.8 Å². The highest BCUT2D eigenvalue weighted by Gasteiger charge is 2.29. The Hall–Kier alpha value is -3.05. The number of likely N-dealkylation sites (tertiary alicyclic amines) is 1. The Bertz CT molecular complexity index is 1500. The first-order chi connectivity index (χ1) is 18.7. The molecule has 0 radical (unpaired) electrons. The van der Waals surface area contributed by atoms with Crippen LogP contribution in [0.25, 0.3) is 33.1 Å². The molecular formula is C33H39N3O2. The molecule has 0 atom stereocenters. The second-order valence-electron chi connectivity index (χ2n) is 11.8. The summed E-state index contributed by atoms with van der Waals surface area (Å²) in [5.74, 6) is -0.309. The summed E-state index contributed by atoms with van der Waals surface area (Å²) < 4.78 is 5.01. The van der Waals surface area contributed by atoms with Crippen molar-refractivity contribution in [2.45, 2.75) is 83.2 Å². The molecule has 38 heavy (non-hydrogen) atoms. The molecule has 0 bridgehead atoms. The summed E-state index contributed by atoms with van der Waals surface area (Å²) in [7, 11) is 0. The molecule has 1 saturated heterocycles. The quantitative estimate of drug-likeness (QED) is 0.304. The van der Waals surface area contributed by atoms with Gasteiger partial charge < -0.3 is 19.1 Å².